The first kappa shape index (κ1) is 14.5. The average molecular weight is 318 g/mol. The number of halogens is 1. The molecular weight excluding hydrogens is 298 g/mol. The van der Waals surface area contributed by atoms with Gasteiger partial charge >= 0.3 is 0 Å². The van der Waals surface area contributed by atoms with E-state index in [1.165, 1.54) is 24.1 Å². The number of rotatable bonds is 6. The topological polar surface area (TPSA) is 36.4 Å². The summed E-state index contributed by atoms with van der Waals surface area (Å²) in [5.74, 6) is 0.880. The lowest BCUT2D eigenvalue weighted by molar-refractivity contribution is 0.683. The Hall–Kier alpha value is -0.550. The SMILES string of the molecule is CCCCCNC(=NC)NCc1cc(Br)cs1. The quantitative estimate of drug-likeness (QED) is 0.479. The number of hydrogen-bond donors (Lipinski definition) is 2. The number of guanidine groups is 1. The van der Waals surface area contributed by atoms with Crippen molar-refractivity contribution in [1.82, 2.24) is 10.6 Å². The highest BCUT2D eigenvalue weighted by Gasteiger charge is 2.00. The van der Waals surface area contributed by atoms with Gasteiger partial charge in [-0.2, -0.15) is 0 Å². The fourth-order valence-corrected chi connectivity index (χ4v) is 2.81. The first-order valence-corrected chi connectivity index (χ1v) is 7.61. The van der Waals surface area contributed by atoms with E-state index >= 15 is 0 Å². The molecule has 1 rings (SSSR count). The lowest BCUT2D eigenvalue weighted by atomic mass is 10.2. The molecule has 0 saturated heterocycles. The lowest BCUT2D eigenvalue weighted by Gasteiger charge is -2.10. The minimum Gasteiger partial charge on any atom is -0.356 e. The number of nitrogens with zero attached hydrogens (tertiary/aromatic N) is 1. The molecule has 2 N–H and O–H groups in total. The molecule has 1 aromatic heterocycles. The highest BCUT2D eigenvalue weighted by molar-refractivity contribution is 9.10. The first-order valence-electron chi connectivity index (χ1n) is 5.93. The van der Waals surface area contributed by atoms with Crippen molar-refractivity contribution in [3.05, 3.63) is 20.8 Å². The van der Waals surface area contributed by atoms with Crippen LogP contribution in [0.2, 0.25) is 0 Å². The molecule has 17 heavy (non-hydrogen) atoms. The van der Waals surface area contributed by atoms with Crippen LogP contribution >= 0.6 is 27.3 Å². The van der Waals surface area contributed by atoms with E-state index in [9.17, 15) is 0 Å². The molecule has 1 heterocycles. The monoisotopic (exact) mass is 317 g/mol. The summed E-state index contributed by atoms with van der Waals surface area (Å²) in [6, 6.07) is 2.13. The lowest BCUT2D eigenvalue weighted by Crippen LogP contribution is -2.37. The second kappa shape index (κ2) is 8.53. The number of thiophene rings is 1. The molecule has 0 aliphatic heterocycles. The van der Waals surface area contributed by atoms with E-state index in [1.807, 2.05) is 0 Å². The maximum absolute atomic E-state index is 4.19. The van der Waals surface area contributed by atoms with Gasteiger partial charge in [0, 0.05) is 28.3 Å². The van der Waals surface area contributed by atoms with Crippen LogP contribution in [0.4, 0.5) is 0 Å². The molecule has 0 bridgehead atoms. The Morgan fingerprint density at radius 2 is 2.24 bits per heavy atom. The molecule has 0 atom stereocenters. The summed E-state index contributed by atoms with van der Waals surface area (Å²) in [4.78, 5) is 5.49. The molecule has 0 aliphatic carbocycles. The molecule has 0 amide bonds. The summed E-state index contributed by atoms with van der Waals surface area (Å²) >= 11 is 5.19. The third-order valence-corrected chi connectivity index (χ3v) is 4.05. The molecule has 0 fully saturated rings. The fraction of sp³-hybridized carbons (Fsp3) is 0.583. The van der Waals surface area contributed by atoms with Crippen LogP contribution in [-0.2, 0) is 6.54 Å². The number of nitrogens with one attached hydrogen (secondary N) is 2. The van der Waals surface area contributed by atoms with Crippen molar-refractivity contribution < 1.29 is 0 Å². The zero-order chi connectivity index (χ0) is 12.5. The number of unbranched alkanes of at least 4 members (excludes halogenated alkanes) is 2. The van der Waals surface area contributed by atoms with Crippen molar-refractivity contribution in [2.24, 2.45) is 4.99 Å². The van der Waals surface area contributed by atoms with Crippen LogP contribution in [0.3, 0.4) is 0 Å². The second-order valence-corrected chi connectivity index (χ2v) is 5.70. The third-order valence-electron chi connectivity index (χ3n) is 2.35. The Kier molecular flexibility index (Phi) is 7.28. The molecule has 96 valence electrons. The van der Waals surface area contributed by atoms with Crippen LogP contribution in [0.1, 0.15) is 31.1 Å². The molecular formula is C12H20BrN3S. The second-order valence-electron chi connectivity index (χ2n) is 3.79. The van der Waals surface area contributed by atoms with Gasteiger partial charge < -0.3 is 10.6 Å². The predicted octanol–water partition coefficient (Wildman–Crippen LogP) is 3.37. The van der Waals surface area contributed by atoms with E-state index in [1.54, 1.807) is 18.4 Å². The maximum atomic E-state index is 4.19. The van der Waals surface area contributed by atoms with Gasteiger partial charge in [-0.1, -0.05) is 19.8 Å². The summed E-state index contributed by atoms with van der Waals surface area (Å²) in [6.45, 7) is 4.02. The molecule has 0 saturated carbocycles. The summed E-state index contributed by atoms with van der Waals surface area (Å²) in [5, 5.41) is 8.71. The highest BCUT2D eigenvalue weighted by Crippen LogP contribution is 2.19. The van der Waals surface area contributed by atoms with Gasteiger partial charge in [0.15, 0.2) is 5.96 Å². The summed E-state index contributed by atoms with van der Waals surface area (Å²) in [5.41, 5.74) is 0. The zero-order valence-corrected chi connectivity index (χ0v) is 12.8. The number of hydrogen-bond acceptors (Lipinski definition) is 2. The van der Waals surface area contributed by atoms with Crippen LogP contribution in [0.15, 0.2) is 20.9 Å². The third kappa shape index (κ3) is 6.07. The molecule has 0 radical (unpaired) electrons. The van der Waals surface area contributed by atoms with E-state index in [0.717, 1.165) is 23.5 Å². The molecule has 5 heteroatoms. The van der Waals surface area contributed by atoms with E-state index < -0.39 is 0 Å². The van der Waals surface area contributed by atoms with Gasteiger partial charge in [0.05, 0.1) is 6.54 Å². The van der Waals surface area contributed by atoms with Gasteiger partial charge in [-0.25, -0.2) is 0 Å². The normalized spacial score (nSPS) is 11.6. The highest BCUT2D eigenvalue weighted by atomic mass is 79.9. The van der Waals surface area contributed by atoms with Gasteiger partial charge in [-0.05, 0) is 28.4 Å². The summed E-state index contributed by atoms with van der Waals surface area (Å²) < 4.78 is 1.14. The van der Waals surface area contributed by atoms with Crippen molar-refractivity contribution in [3.63, 3.8) is 0 Å². The van der Waals surface area contributed by atoms with Crippen LogP contribution in [-0.4, -0.2) is 19.6 Å². The van der Waals surface area contributed by atoms with Crippen LogP contribution < -0.4 is 10.6 Å². The van der Waals surface area contributed by atoms with E-state index in [2.05, 4.69) is 49.9 Å². The Morgan fingerprint density at radius 1 is 1.41 bits per heavy atom. The standard InChI is InChI=1S/C12H20BrN3S/c1-3-4-5-6-15-12(14-2)16-8-11-7-10(13)9-17-11/h7,9H,3-6,8H2,1-2H3,(H2,14,15,16). The Labute approximate surface area is 116 Å². The largest absolute Gasteiger partial charge is 0.356 e. The molecule has 1 aromatic rings. The van der Waals surface area contributed by atoms with Crippen LogP contribution in [0.25, 0.3) is 0 Å². The van der Waals surface area contributed by atoms with Crippen molar-refractivity contribution in [1.29, 1.82) is 0 Å². The van der Waals surface area contributed by atoms with E-state index in [0.29, 0.717) is 0 Å². The Balaban J connectivity index is 2.23. The minimum absolute atomic E-state index is 0.823. The fourth-order valence-electron chi connectivity index (χ4n) is 1.42. The van der Waals surface area contributed by atoms with Crippen LogP contribution in [0, 0.1) is 0 Å². The van der Waals surface area contributed by atoms with Gasteiger partial charge in [0.2, 0.25) is 0 Å². The average Bonchev–Trinajstić information content (AvgIpc) is 2.74. The Morgan fingerprint density at radius 3 is 2.82 bits per heavy atom. The van der Waals surface area contributed by atoms with E-state index in [4.69, 9.17) is 0 Å². The maximum Gasteiger partial charge on any atom is 0.191 e. The van der Waals surface area contributed by atoms with Crippen LogP contribution in [0.5, 0.6) is 0 Å². The molecule has 0 spiro atoms. The first-order chi connectivity index (χ1) is 8.26. The van der Waals surface area contributed by atoms with Crippen molar-refractivity contribution in [2.75, 3.05) is 13.6 Å². The van der Waals surface area contributed by atoms with Crippen molar-refractivity contribution in [3.8, 4) is 0 Å². The molecule has 3 nitrogen and oxygen atoms in total. The molecule has 0 unspecified atom stereocenters. The predicted molar refractivity (Wildman–Crippen MR) is 79.7 cm³/mol. The zero-order valence-electron chi connectivity index (χ0n) is 10.4. The molecule has 0 aliphatic rings. The number of aliphatic imine (C=N–C) groups is 1. The summed E-state index contributed by atoms with van der Waals surface area (Å²) in [7, 11) is 1.81. The van der Waals surface area contributed by atoms with Gasteiger partial charge in [-0.3, -0.25) is 4.99 Å². The van der Waals surface area contributed by atoms with Gasteiger partial charge in [0.1, 0.15) is 0 Å². The van der Waals surface area contributed by atoms with E-state index in [-0.39, 0.29) is 0 Å². The van der Waals surface area contributed by atoms with Gasteiger partial charge in [0.25, 0.3) is 0 Å². The molecule has 0 aromatic carbocycles. The smallest absolute Gasteiger partial charge is 0.191 e. The van der Waals surface area contributed by atoms with Crippen molar-refractivity contribution >= 4 is 33.2 Å². The van der Waals surface area contributed by atoms with Gasteiger partial charge in [-0.15, -0.1) is 11.3 Å². The minimum atomic E-state index is 0.823. The van der Waals surface area contributed by atoms with Crippen molar-refractivity contribution in [2.45, 2.75) is 32.7 Å². The Bertz CT molecular complexity index is 349. The summed E-state index contributed by atoms with van der Waals surface area (Å²) in [6.07, 6.45) is 3.71.